The first-order valence-electron chi connectivity index (χ1n) is 6.14. The highest BCUT2D eigenvalue weighted by molar-refractivity contribution is 9.08. The highest BCUT2D eigenvalue weighted by Gasteiger charge is 2.28. The third-order valence-electron chi connectivity index (χ3n) is 3.51. The second kappa shape index (κ2) is 5.22. The monoisotopic (exact) mass is 281 g/mol. The van der Waals surface area contributed by atoms with E-state index in [1.165, 1.54) is 30.6 Å². The highest BCUT2D eigenvalue weighted by atomic mass is 79.9. The minimum Gasteiger partial charge on any atom is -0.368 e. The average molecular weight is 282 g/mol. The van der Waals surface area contributed by atoms with Crippen LogP contribution in [-0.4, -0.2) is 12.6 Å². The van der Waals surface area contributed by atoms with Gasteiger partial charge >= 0.3 is 0 Å². The average Bonchev–Trinajstić information content (AvgIpc) is 2.77. The van der Waals surface area contributed by atoms with Gasteiger partial charge in [0.05, 0.1) is 0 Å². The number of hydrogen-bond donors (Lipinski definition) is 0. The smallest absolute Gasteiger partial charge is 0.0409 e. The number of hydrogen-bond acceptors (Lipinski definition) is 1. The molecule has 0 aliphatic carbocycles. The zero-order valence-corrected chi connectivity index (χ0v) is 11.7. The van der Waals surface area contributed by atoms with Crippen molar-refractivity contribution in [2.24, 2.45) is 5.92 Å². The molecule has 1 saturated heterocycles. The Labute approximate surface area is 107 Å². The van der Waals surface area contributed by atoms with Gasteiger partial charge in [0.25, 0.3) is 0 Å². The topological polar surface area (TPSA) is 3.24 Å². The molecule has 0 aromatic heterocycles. The summed E-state index contributed by atoms with van der Waals surface area (Å²) in [7, 11) is 0. The highest BCUT2D eigenvalue weighted by Crippen LogP contribution is 2.32. The number of rotatable bonds is 3. The minimum absolute atomic E-state index is 0.722. The van der Waals surface area contributed by atoms with Gasteiger partial charge in [-0.1, -0.05) is 48.0 Å². The Hall–Kier alpha value is -0.500. The first kappa shape index (κ1) is 12.0. The van der Waals surface area contributed by atoms with Crippen LogP contribution in [0.4, 0.5) is 5.69 Å². The van der Waals surface area contributed by atoms with Gasteiger partial charge in [-0.15, -0.1) is 0 Å². The summed E-state index contributed by atoms with van der Waals surface area (Å²) in [6, 6.07) is 9.48. The van der Waals surface area contributed by atoms with Crippen LogP contribution in [0.3, 0.4) is 0 Å². The molecule has 0 bridgehead atoms. The lowest BCUT2D eigenvalue weighted by Crippen LogP contribution is -2.33. The lowest BCUT2D eigenvalue weighted by atomic mass is 10.0. The standard InChI is InChI=1S/C14H20BrN/c1-11(2)13-8-5-9-16(13)14-7-4-3-6-12(14)10-15/h3-4,6-7,11,13H,5,8-10H2,1-2H3. The molecule has 1 aromatic carbocycles. The van der Waals surface area contributed by atoms with Crippen molar-refractivity contribution in [3.8, 4) is 0 Å². The Morgan fingerprint density at radius 1 is 1.38 bits per heavy atom. The van der Waals surface area contributed by atoms with Crippen molar-refractivity contribution in [3.05, 3.63) is 29.8 Å². The van der Waals surface area contributed by atoms with E-state index in [1.807, 2.05) is 0 Å². The Bertz CT molecular complexity index is 348. The number of nitrogens with zero attached hydrogens (tertiary/aromatic N) is 1. The first-order valence-corrected chi connectivity index (χ1v) is 7.26. The molecule has 0 amide bonds. The van der Waals surface area contributed by atoms with Crippen LogP contribution in [0.2, 0.25) is 0 Å². The van der Waals surface area contributed by atoms with Gasteiger partial charge in [-0.2, -0.15) is 0 Å². The van der Waals surface area contributed by atoms with Gasteiger partial charge in [-0.3, -0.25) is 0 Å². The summed E-state index contributed by atoms with van der Waals surface area (Å²) in [6.45, 7) is 5.88. The predicted molar refractivity (Wildman–Crippen MR) is 74.3 cm³/mol. The van der Waals surface area contributed by atoms with E-state index in [9.17, 15) is 0 Å². The molecule has 2 heteroatoms. The van der Waals surface area contributed by atoms with Crippen LogP contribution >= 0.6 is 15.9 Å². The van der Waals surface area contributed by atoms with Crippen molar-refractivity contribution < 1.29 is 0 Å². The van der Waals surface area contributed by atoms with E-state index in [4.69, 9.17) is 0 Å². The van der Waals surface area contributed by atoms with Gasteiger partial charge in [0.2, 0.25) is 0 Å². The van der Waals surface area contributed by atoms with Crippen molar-refractivity contribution in [3.63, 3.8) is 0 Å². The molecule has 88 valence electrons. The van der Waals surface area contributed by atoms with Crippen molar-refractivity contribution in [2.45, 2.75) is 38.1 Å². The third-order valence-corrected chi connectivity index (χ3v) is 4.12. The summed E-state index contributed by atoms with van der Waals surface area (Å²) in [5.74, 6) is 0.742. The second-order valence-electron chi connectivity index (χ2n) is 4.91. The van der Waals surface area contributed by atoms with Gasteiger partial charge in [-0.05, 0) is 30.4 Å². The Morgan fingerprint density at radius 2 is 2.12 bits per heavy atom. The summed E-state index contributed by atoms with van der Waals surface area (Å²) in [5.41, 5.74) is 2.84. The summed E-state index contributed by atoms with van der Waals surface area (Å²) >= 11 is 3.59. The van der Waals surface area contributed by atoms with Crippen molar-refractivity contribution in [2.75, 3.05) is 11.4 Å². The zero-order valence-electron chi connectivity index (χ0n) is 10.1. The Morgan fingerprint density at radius 3 is 2.81 bits per heavy atom. The van der Waals surface area contributed by atoms with Crippen LogP contribution in [0, 0.1) is 5.92 Å². The van der Waals surface area contributed by atoms with E-state index in [-0.39, 0.29) is 0 Å². The van der Waals surface area contributed by atoms with Crippen LogP contribution in [0.5, 0.6) is 0 Å². The number of benzene rings is 1. The van der Waals surface area contributed by atoms with E-state index >= 15 is 0 Å². The fraction of sp³-hybridized carbons (Fsp3) is 0.571. The molecule has 1 aromatic rings. The molecule has 1 atom stereocenters. The lowest BCUT2D eigenvalue weighted by Gasteiger charge is -2.31. The molecule has 1 aliphatic rings. The molecule has 1 nitrogen and oxygen atoms in total. The molecular formula is C14H20BrN. The molecule has 2 rings (SSSR count). The molecule has 0 radical (unpaired) electrons. The first-order chi connectivity index (χ1) is 7.74. The fourth-order valence-corrected chi connectivity index (χ4v) is 3.16. The summed E-state index contributed by atoms with van der Waals surface area (Å²) < 4.78 is 0. The largest absolute Gasteiger partial charge is 0.368 e. The molecule has 1 aliphatic heterocycles. The maximum Gasteiger partial charge on any atom is 0.0409 e. The van der Waals surface area contributed by atoms with Gasteiger partial charge in [-0.25, -0.2) is 0 Å². The van der Waals surface area contributed by atoms with Crippen LogP contribution in [0.15, 0.2) is 24.3 Å². The summed E-state index contributed by atoms with van der Waals surface area (Å²) in [6.07, 6.45) is 2.67. The van der Waals surface area contributed by atoms with Crippen molar-refractivity contribution in [1.82, 2.24) is 0 Å². The zero-order chi connectivity index (χ0) is 11.5. The van der Waals surface area contributed by atoms with Gasteiger partial charge in [0.1, 0.15) is 0 Å². The minimum atomic E-state index is 0.722. The second-order valence-corrected chi connectivity index (χ2v) is 5.47. The van der Waals surface area contributed by atoms with Gasteiger partial charge in [0, 0.05) is 23.6 Å². The molecule has 16 heavy (non-hydrogen) atoms. The lowest BCUT2D eigenvalue weighted by molar-refractivity contribution is 0.491. The number of anilines is 1. The van der Waals surface area contributed by atoms with Crippen molar-refractivity contribution in [1.29, 1.82) is 0 Å². The Balaban J connectivity index is 2.28. The van der Waals surface area contributed by atoms with Crippen LogP contribution in [0.1, 0.15) is 32.3 Å². The van der Waals surface area contributed by atoms with Crippen molar-refractivity contribution >= 4 is 21.6 Å². The van der Waals surface area contributed by atoms with Gasteiger partial charge in [0.15, 0.2) is 0 Å². The molecule has 0 spiro atoms. The normalized spacial score (nSPS) is 20.8. The quantitative estimate of drug-likeness (QED) is 0.751. The predicted octanol–water partition coefficient (Wildman–Crippen LogP) is 4.21. The van der Waals surface area contributed by atoms with E-state index in [2.05, 4.69) is 58.9 Å². The van der Waals surface area contributed by atoms with Gasteiger partial charge < -0.3 is 4.90 Å². The van der Waals surface area contributed by atoms with E-state index in [0.717, 1.165) is 17.3 Å². The van der Waals surface area contributed by atoms with E-state index in [0.29, 0.717) is 0 Å². The molecule has 1 fully saturated rings. The fourth-order valence-electron chi connectivity index (χ4n) is 2.69. The third kappa shape index (κ3) is 2.27. The Kier molecular flexibility index (Phi) is 3.91. The molecule has 1 heterocycles. The number of para-hydroxylation sites is 1. The van der Waals surface area contributed by atoms with Crippen LogP contribution < -0.4 is 4.90 Å². The maximum atomic E-state index is 3.59. The molecular weight excluding hydrogens is 262 g/mol. The molecule has 1 unspecified atom stereocenters. The SMILES string of the molecule is CC(C)C1CCCN1c1ccccc1CBr. The molecule has 0 saturated carbocycles. The maximum absolute atomic E-state index is 3.59. The summed E-state index contributed by atoms with van der Waals surface area (Å²) in [5, 5.41) is 0.949. The number of halogens is 1. The van der Waals surface area contributed by atoms with Crippen LogP contribution in [-0.2, 0) is 5.33 Å². The summed E-state index contributed by atoms with van der Waals surface area (Å²) in [4.78, 5) is 2.60. The van der Waals surface area contributed by atoms with E-state index < -0.39 is 0 Å². The molecule has 0 N–H and O–H groups in total. The number of alkyl halides is 1. The van der Waals surface area contributed by atoms with E-state index in [1.54, 1.807) is 0 Å². The van der Waals surface area contributed by atoms with Crippen LogP contribution in [0.25, 0.3) is 0 Å².